The Morgan fingerprint density at radius 1 is 1.12 bits per heavy atom. The molecule has 0 bridgehead atoms. The van der Waals surface area contributed by atoms with Crippen molar-refractivity contribution in [3.8, 4) is 0 Å². The fourth-order valence-corrected chi connectivity index (χ4v) is 3.28. The van der Waals surface area contributed by atoms with E-state index in [1.54, 1.807) is 17.9 Å². The van der Waals surface area contributed by atoms with Crippen molar-refractivity contribution in [1.82, 2.24) is 9.55 Å². The van der Waals surface area contributed by atoms with Crippen LogP contribution in [0.2, 0.25) is 0 Å². The average Bonchev–Trinajstić information content (AvgIpc) is 3.02. The van der Waals surface area contributed by atoms with Crippen LogP contribution < -0.4 is 10.5 Å². The Kier molecular flexibility index (Phi) is 3.41. The molecule has 0 unspecified atom stereocenters. The first-order chi connectivity index (χ1) is 11.6. The summed E-state index contributed by atoms with van der Waals surface area (Å²) in [4.78, 5) is 31.7. The van der Waals surface area contributed by atoms with E-state index < -0.39 is 0 Å². The van der Waals surface area contributed by atoms with E-state index in [4.69, 9.17) is 0 Å². The highest BCUT2D eigenvalue weighted by Crippen LogP contribution is 2.27. The monoisotopic (exact) mass is 319 g/mol. The predicted molar refractivity (Wildman–Crippen MR) is 93.2 cm³/mol. The molecule has 4 rings (SSSR count). The van der Waals surface area contributed by atoms with Crippen LogP contribution in [-0.2, 0) is 17.8 Å². The van der Waals surface area contributed by atoms with Gasteiger partial charge in [-0.25, -0.2) is 4.98 Å². The molecule has 1 aliphatic rings. The van der Waals surface area contributed by atoms with Gasteiger partial charge in [-0.05, 0) is 37.1 Å². The van der Waals surface area contributed by atoms with E-state index in [1.165, 1.54) is 10.1 Å². The van der Waals surface area contributed by atoms with Gasteiger partial charge in [0, 0.05) is 12.2 Å². The zero-order chi connectivity index (χ0) is 16.7. The van der Waals surface area contributed by atoms with Gasteiger partial charge in [0.25, 0.3) is 5.56 Å². The number of aryl methyl sites for hydroxylation is 1. The molecule has 0 saturated heterocycles. The number of benzene rings is 2. The summed E-state index contributed by atoms with van der Waals surface area (Å²) in [5.41, 5.74) is 2.61. The number of anilines is 1. The van der Waals surface area contributed by atoms with Crippen molar-refractivity contribution in [2.75, 3.05) is 11.4 Å². The van der Waals surface area contributed by atoms with Gasteiger partial charge in [0.1, 0.15) is 12.4 Å². The first-order valence-corrected chi connectivity index (χ1v) is 7.99. The third-order valence-corrected chi connectivity index (χ3v) is 4.53. The molecular weight excluding hydrogens is 302 g/mol. The van der Waals surface area contributed by atoms with E-state index in [2.05, 4.69) is 4.98 Å². The average molecular weight is 319 g/mol. The second-order valence-corrected chi connectivity index (χ2v) is 5.99. The normalized spacial score (nSPS) is 13.3. The van der Waals surface area contributed by atoms with E-state index in [0.29, 0.717) is 23.3 Å². The molecule has 5 heteroatoms. The molecule has 0 saturated carbocycles. The molecule has 0 N–H and O–H groups in total. The van der Waals surface area contributed by atoms with Crippen molar-refractivity contribution >= 4 is 22.5 Å². The lowest BCUT2D eigenvalue weighted by molar-refractivity contribution is -0.119. The number of rotatable bonds is 2. The molecule has 0 radical (unpaired) electrons. The molecule has 1 aromatic heterocycles. The summed E-state index contributed by atoms with van der Waals surface area (Å²) in [5.74, 6) is 0.474. The van der Waals surface area contributed by atoms with Crippen molar-refractivity contribution in [1.29, 1.82) is 0 Å². The molecule has 0 spiro atoms. The molecule has 1 amide bonds. The molecule has 2 heterocycles. The lowest BCUT2D eigenvalue weighted by Gasteiger charge is -2.19. The van der Waals surface area contributed by atoms with Crippen LogP contribution in [0, 0.1) is 6.92 Å². The molecule has 3 aromatic rings. The summed E-state index contributed by atoms with van der Waals surface area (Å²) >= 11 is 0. The van der Waals surface area contributed by atoms with Crippen LogP contribution in [0.4, 0.5) is 5.69 Å². The van der Waals surface area contributed by atoms with Crippen LogP contribution in [0.15, 0.2) is 53.3 Å². The van der Waals surface area contributed by atoms with Crippen molar-refractivity contribution in [3.05, 3.63) is 70.3 Å². The second kappa shape index (κ2) is 5.60. The van der Waals surface area contributed by atoms with E-state index in [-0.39, 0.29) is 18.0 Å². The van der Waals surface area contributed by atoms with Crippen molar-refractivity contribution < 1.29 is 4.79 Å². The summed E-state index contributed by atoms with van der Waals surface area (Å²) in [6, 6.07) is 15.1. The minimum Gasteiger partial charge on any atom is -0.310 e. The van der Waals surface area contributed by atoms with Gasteiger partial charge in [0.2, 0.25) is 5.91 Å². The lowest BCUT2D eigenvalue weighted by atomic mass is 10.2. The van der Waals surface area contributed by atoms with Gasteiger partial charge in [-0.2, -0.15) is 0 Å². The van der Waals surface area contributed by atoms with Gasteiger partial charge in [-0.3, -0.25) is 14.2 Å². The maximum Gasteiger partial charge on any atom is 0.261 e. The Morgan fingerprint density at radius 2 is 1.88 bits per heavy atom. The Morgan fingerprint density at radius 3 is 2.75 bits per heavy atom. The molecule has 5 nitrogen and oxygen atoms in total. The van der Waals surface area contributed by atoms with Gasteiger partial charge in [0.15, 0.2) is 0 Å². The number of fused-ring (bicyclic) bond motifs is 2. The number of nitrogens with zero attached hydrogens (tertiary/aromatic N) is 3. The first kappa shape index (κ1) is 14.6. The van der Waals surface area contributed by atoms with Crippen LogP contribution in [0.3, 0.4) is 0 Å². The molecule has 0 fully saturated rings. The summed E-state index contributed by atoms with van der Waals surface area (Å²) in [5, 5.41) is 0.540. The second-order valence-electron chi connectivity index (χ2n) is 5.99. The molecule has 120 valence electrons. The van der Waals surface area contributed by atoms with E-state index in [0.717, 1.165) is 12.1 Å². The molecule has 1 aliphatic heterocycles. The van der Waals surface area contributed by atoms with E-state index >= 15 is 0 Å². The largest absolute Gasteiger partial charge is 0.310 e. The zero-order valence-corrected chi connectivity index (χ0v) is 13.4. The third-order valence-electron chi connectivity index (χ3n) is 4.53. The minimum absolute atomic E-state index is 0.0107. The third kappa shape index (κ3) is 2.29. The van der Waals surface area contributed by atoms with Crippen molar-refractivity contribution in [3.63, 3.8) is 0 Å². The summed E-state index contributed by atoms with van der Waals surface area (Å²) in [7, 11) is 0. The Balaban J connectivity index is 1.70. The smallest absolute Gasteiger partial charge is 0.261 e. The van der Waals surface area contributed by atoms with Crippen molar-refractivity contribution in [2.24, 2.45) is 0 Å². The molecule has 24 heavy (non-hydrogen) atoms. The minimum atomic E-state index is -0.168. The fourth-order valence-electron chi connectivity index (χ4n) is 3.28. The van der Waals surface area contributed by atoms with Gasteiger partial charge in [-0.1, -0.05) is 30.3 Å². The first-order valence-electron chi connectivity index (χ1n) is 7.99. The maximum absolute atomic E-state index is 12.8. The number of aromatic nitrogens is 2. The molecule has 0 atom stereocenters. The Bertz CT molecular complexity index is 1010. The quantitative estimate of drug-likeness (QED) is 0.728. The van der Waals surface area contributed by atoms with Gasteiger partial charge in [0.05, 0.1) is 10.9 Å². The highest BCUT2D eigenvalue weighted by atomic mass is 16.2. The predicted octanol–water partition coefficient (Wildman–Crippen LogP) is 2.29. The number of carbonyl (C=O) groups excluding carboxylic acids is 1. The van der Waals surface area contributed by atoms with Crippen LogP contribution >= 0.6 is 0 Å². The van der Waals surface area contributed by atoms with Gasteiger partial charge < -0.3 is 4.90 Å². The van der Waals surface area contributed by atoms with Gasteiger partial charge >= 0.3 is 0 Å². The molecule has 2 aromatic carbocycles. The fraction of sp³-hybridized carbons (Fsp3) is 0.211. The maximum atomic E-state index is 12.8. The summed E-state index contributed by atoms with van der Waals surface area (Å²) < 4.78 is 1.46. The summed E-state index contributed by atoms with van der Waals surface area (Å²) in [6.07, 6.45) is 0.853. The SMILES string of the molecule is Cc1nc2ccccc2c(=O)n1CC(=O)N1CCc2ccccc21. The topological polar surface area (TPSA) is 55.2 Å². The number of amides is 1. The van der Waals surface area contributed by atoms with Crippen LogP contribution in [0.1, 0.15) is 11.4 Å². The van der Waals surface area contributed by atoms with Crippen LogP contribution in [-0.4, -0.2) is 22.0 Å². The highest BCUT2D eigenvalue weighted by molar-refractivity contribution is 5.95. The van der Waals surface area contributed by atoms with E-state index in [1.807, 2.05) is 42.5 Å². The number of hydrogen-bond acceptors (Lipinski definition) is 3. The van der Waals surface area contributed by atoms with Crippen LogP contribution in [0.25, 0.3) is 10.9 Å². The Labute approximate surface area is 139 Å². The standard InChI is InChI=1S/C19H17N3O2/c1-13-20-16-8-4-3-7-15(16)19(24)22(13)12-18(23)21-11-10-14-6-2-5-9-17(14)21/h2-9H,10-12H2,1H3. The number of hydrogen-bond donors (Lipinski definition) is 0. The highest BCUT2D eigenvalue weighted by Gasteiger charge is 2.25. The van der Waals surface area contributed by atoms with Gasteiger partial charge in [-0.15, -0.1) is 0 Å². The van der Waals surface area contributed by atoms with Crippen molar-refractivity contribution in [2.45, 2.75) is 19.9 Å². The van der Waals surface area contributed by atoms with Crippen LogP contribution in [0.5, 0.6) is 0 Å². The zero-order valence-electron chi connectivity index (χ0n) is 13.4. The Hall–Kier alpha value is -2.95. The molecule has 0 aliphatic carbocycles. The number of carbonyl (C=O) groups is 1. The number of para-hydroxylation sites is 2. The molecular formula is C19H17N3O2. The van der Waals surface area contributed by atoms with E-state index in [9.17, 15) is 9.59 Å². The summed E-state index contributed by atoms with van der Waals surface area (Å²) in [6.45, 7) is 2.43. The lowest BCUT2D eigenvalue weighted by Crippen LogP contribution is -2.36.